The lowest BCUT2D eigenvalue weighted by Gasteiger charge is -2.31. The van der Waals surface area contributed by atoms with Gasteiger partial charge in [0.2, 0.25) is 0 Å². The van der Waals surface area contributed by atoms with E-state index in [9.17, 15) is 0 Å². The Labute approximate surface area is 84.9 Å². The van der Waals surface area contributed by atoms with Gasteiger partial charge in [0.15, 0.2) is 0 Å². The number of rotatable bonds is 2. The summed E-state index contributed by atoms with van der Waals surface area (Å²) in [4.78, 5) is 0. The number of benzene rings is 1. The Hall–Kier alpha value is -0.490. The van der Waals surface area contributed by atoms with Crippen molar-refractivity contribution in [3.8, 4) is 0 Å². The van der Waals surface area contributed by atoms with Crippen molar-refractivity contribution in [2.24, 2.45) is 0 Å². The zero-order chi connectivity index (χ0) is 9.26. The number of halogens is 1. The summed E-state index contributed by atoms with van der Waals surface area (Å²) in [6, 6.07) is 8.17. The predicted octanol–water partition coefficient (Wildman–Crippen LogP) is 4.20. The van der Waals surface area contributed by atoms with Crippen molar-refractivity contribution in [2.45, 2.75) is 32.1 Å². The molecule has 0 aliphatic heterocycles. The van der Waals surface area contributed by atoms with Crippen LogP contribution in [0.5, 0.6) is 0 Å². The normalized spacial score (nSPS) is 19.5. The van der Waals surface area contributed by atoms with Crippen molar-refractivity contribution in [2.75, 3.05) is 0 Å². The third-order valence-corrected chi connectivity index (χ3v) is 3.32. The maximum absolute atomic E-state index is 6.13. The fourth-order valence-corrected chi connectivity index (χ4v) is 2.16. The van der Waals surface area contributed by atoms with Crippen molar-refractivity contribution in [1.82, 2.24) is 0 Å². The van der Waals surface area contributed by atoms with Gasteiger partial charge in [0, 0.05) is 5.02 Å². The monoisotopic (exact) mass is 193 g/mol. The number of hydrogen-bond donors (Lipinski definition) is 0. The van der Waals surface area contributed by atoms with Crippen LogP contribution >= 0.6 is 11.6 Å². The lowest BCUT2D eigenvalue weighted by atomic mass is 9.74. The van der Waals surface area contributed by atoms with E-state index < -0.39 is 0 Å². The molecule has 1 aromatic carbocycles. The quantitative estimate of drug-likeness (QED) is 0.661. The highest BCUT2D eigenvalue weighted by Crippen LogP contribution is 2.42. The van der Waals surface area contributed by atoms with E-state index in [1.165, 1.54) is 24.8 Å². The van der Waals surface area contributed by atoms with Gasteiger partial charge in [-0.2, -0.15) is 0 Å². The standard InChI is InChI=1S/C12H14Cl/c1-9(10-5-4-6-10)11-7-2-3-8-12(11)13/h2-3,7-9H,4-6H2,1H3. The summed E-state index contributed by atoms with van der Waals surface area (Å²) in [6.07, 6.45) is 3.96. The Kier molecular flexibility index (Phi) is 2.59. The molecule has 1 aromatic rings. The fourth-order valence-electron chi connectivity index (χ4n) is 1.86. The van der Waals surface area contributed by atoms with E-state index in [1.54, 1.807) is 5.92 Å². The van der Waals surface area contributed by atoms with Crippen LogP contribution in [0.3, 0.4) is 0 Å². The maximum Gasteiger partial charge on any atom is 0.0440 e. The van der Waals surface area contributed by atoms with Gasteiger partial charge in [0.05, 0.1) is 0 Å². The van der Waals surface area contributed by atoms with E-state index in [1.807, 2.05) is 12.1 Å². The Balaban J connectivity index is 2.18. The van der Waals surface area contributed by atoms with Crippen LogP contribution in [-0.2, 0) is 0 Å². The first-order chi connectivity index (χ1) is 6.29. The third-order valence-electron chi connectivity index (χ3n) is 2.98. The Morgan fingerprint density at radius 2 is 1.92 bits per heavy atom. The summed E-state index contributed by atoms with van der Waals surface area (Å²) in [6.45, 7) is 2.26. The van der Waals surface area contributed by atoms with Crippen LogP contribution < -0.4 is 0 Å². The van der Waals surface area contributed by atoms with Gasteiger partial charge in [0.1, 0.15) is 0 Å². The second kappa shape index (κ2) is 3.71. The highest BCUT2D eigenvalue weighted by Gasteiger charge is 2.26. The second-order valence-corrected chi connectivity index (χ2v) is 4.16. The van der Waals surface area contributed by atoms with Crippen LogP contribution in [0.4, 0.5) is 0 Å². The molecule has 1 unspecified atom stereocenters. The molecule has 0 saturated heterocycles. The molecule has 1 aliphatic rings. The van der Waals surface area contributed by atoms with Crippen LogP contribution in [-0.4, -0.2) is 0 Å². The molecule has 1 atom stereocenters. The first-order valence-electron chi connectivity index (χ1n) is 4.88. The van der Waals surface area contributed by atoms with Gasteiger partial charge >= 0.3 is 0 Å². The Morgan fingerprint density at radius 3 is 2.46 bits per heavy atom. The van der Waals surface area contributed by atoms with Crippen molar-refractivity contribution in [3.63, 3.8) is 0 Å². The highest BCUT2D eigenvalue weighted by molar-refractivity contribution is 6.31. The highest BCUT2D eigenvalue weighted by atomic mass is 35.5. The smallest absolute Gasteiger partial charge is 0.0440 e. The minimum atomic E-state index is 0.558. The van der Waals surface area contributed by atoms with Crippen molar-refractivity contribution in [3.05, 3.63) is 40.8 Å². The zero-order valence-electron chi connectivity index (χ0n) is 7.89. The van der Waals surface area contributed by atoms with Gasteiger partial charge in [-0.25, -0.2) is 0 Å². The molecule has 2 rings (SSSR count). The molecular formula is C12H14Cl. The summed E-state index contributed by atoms with van der Waals surface area (Å²) < 4.78 is 0. The first kappa shape index (κ1) is 9.08. The van der Waals surface area contributed by atoms with Crippen molar-refractivity contribution < 1.29 is 0 Å². The largest absolute Gasteiger partial charge is 0.0840 e. The predicted molar refractivity (Wildman–Crippen MR) is 57.0 cm³/mol. The van der Waals surface area contributed by atoms with E-state index in [0.717, 1.165) is 5.02 Å². The molecule has 69 valence electrons. The summed E-state index contributed by atoms with van der Waals surface area (Å²) >= 11 is 6.13. The van der Waals surface area contributed by atoms with Crippen LogP contribution in [0.2, 0.25) is 5.02 Å². The minimum Gasteiger partial charge on any atom is -0.0840 e. The van der Waals surface area contributed by atoms with Crippen LogP contribution in [0.15, 0.2) is 24.3 Å². The van der Waals surface area contributed by atoms with Gasteiger partial charge in [0.25, 0.3) is 0 Å². The minimum absolute atomic E-state index is 0.558. The van der Waals surface area contributed by atoms with Crippen LogP contribution in [0.25, 0.3) is 0 Å². The van der Waals surface area contributed by atoms with E-state index in [-0.39, 0.29) is 0 Å². The average Bonchev–Trinajstić information content (AvgIpc) is 2.01. The molecule has 13 heavy (non-hydrogen) atoms. The molecular weight excluding hydrogens is 180 g/mol. The van der Waals surface area contributed by atoms with E-state index in [0.29, 0.717) is 5.92 Å². The lowest BCUT2D eigenvalue weighted by molar-refractivity contribution is 0.482. The summed E-state index contributed by atoms with van der Waals surface area (Å²) in [7, 11) is 0. The lowest BCUT2D eigenvalue weighted by Crippen LogP contribution is -2.15. The molecule has 0 spiro atoms. The van der Waals surface area contributed by atoms with Crippen LogP contribution in [0.1, 0.15) is 37.7 Å². The molecule has 1 heteroatoms. The average molecular weight is 194 g/mol. The fraction of sp³-hybridized carbons (Fsp3) is 0.417. The van der Waals surface area contributed by atoms with Gasteiger partial charge in [-0.05, 0) is 36.3 Å². The molecule has 0 bridgehead atoms. The van der Waals surface area contributed by atoms with Gasteiger partial charge in [-0.1, -0.05) is 43.1 Å². The molecule has 0 N–H and O–H groups in total. The third kappa shape index (κ3) is 1.73. The van der Waals surface area contributed by atoms with Crippen LogP contribution in [0, 0.1) is 5.92 Å². The second-order valence-electron chi connectivity index (χ2n) is 3.76. The molecule has 1 saturated carbocycles. The van der Waals surface area contributed by atoms with Gasteiger partial charge in [-0.3, -0.25) is 0 Å². The molecule has 1 radical (unpaired) electrons. The molecule has 0 heterocycles. The van der Waals surface area contributed by atoms with E-state index in [4.69, 9.17) is 11.6 Å². The molecule has 1 aliphatic carbocycles. The van der Waals surface area contributed by atoms with E-state index >= 15 is 0 Å². The topological polar surface area (TPSA) is 0 Å². The SMILES string of the molecule is CC([C]1CCC1)c1ccccc1Cl. The van der Waals surface area contributed by atoms with Gasteiger partial charge < -0.3 is 0 Å². The molecule has 0 amide bonds. The molecule has 0 aromatic heterocycles. The number of hydrogen-bond acceptors (Lipinski definition) is 0. The molecule has 1 fully saturated rings. The zero-order valence-corrected chi connectivity index (χ0v) is 8.64. The molecule has 0 nitrogen and oxygen atoms in total. The van der Waals surface area contributed by atoms with Crippen molar-refractivity contribution in [1.29, 1.82) is 0 Å². The first-order valence-corrected chi connectivity index (χ1v) is 5.26. The Bertz CT molecular complexity index is 289. The summed E-state index contributed by atoms with van der Waals surface area (Å²) in [5.41, 5.74) is 1.29. The van der Waals surface area contributed by atoms with Crippen molar-refractivity contribution >= 4 is 11.6 Å². The summed E-state index contributed by atoms with van der Waals surface area (Å²) in [5.74, 6) is 2.22. The Morgan fingerprint density at radius 1 is 1.23 bits per heavy atom. The van der Waals surface area contributed by atoms with E-state index in [2.05, 4.69) is 19.1 Å². The summed E-state index contributed by atoms with van der Waals surface area (Å²) in [5, 5.41) is 0.911. The van der Waals surface area contributed by atoms with Gasteiger partial charge in [-0.15, -0.1) is 0 Å². The maximum atomic E-state index is 6.13.